The summed E-state index contributed by atoms with van der Waals surface area (Å²) in [5.74, 6) is -0.753. The molecule has 0 amide bonds. The van der Waals surface area contributed by atoms with Crippen molar-refractivity contribution in [3.05, 3.63) is 35.4 Å². The van der Waals surface area contributed by atoms with Gasteiger partial charge in [0.1, 0.15) is 5.82 Å². The highest BCUT2D eigenvalue weighted by atomic mass is 19.1. The minimum Gasteiger partial charge on any atom is -0.465 e. The maximum absolute atomic E-state index is 13.6. The average molecular weight is 236 g/mol. The van der Waals surface area contributed by atoms with Gasteiger partial charge < -0.3 is 9.26 Å². The third-order valence-corrected chi connectivity index (χ3v) is 2.15. The topological polar surface area (TPSA) is 65.2 Å². The lowest BCUT2D eigenvalue weighted by Gasteiger charge is -2.01. The number of hydrogen-bond donors (Lipinski definition) is 0. The third-order valence-electron chi connectivity index (χ3n) is 2.15. The molecule has 1 aromatic carbocycles. The van der Waals surface area contributed by atoms with E-state index in [9.17, 15) is 9.18 Å². The van der Waals surface area contributed by atoms with Crippen molar-refractivity contribution in [2.75, 3.05) is 7.11 Å². The first kappa shape index (κ1) is 11.3. The fraction of sp³-hybridized carbons (Fsp3) is 0.182. The summed E-state index contributed by atoms with van der Waals surface area (Å²) in [5.41, 5.74) is 0.281. The molecule has 0 aliphatic heterocycles. The highest BCUT2D eigenvalue weighted by Crippen LogP contribution is 2.20. The molecule has 0 unspecified atom stereocenters. The zero-order chi connectivity index (χ0) is 12.4. The number of methoxy groups -OCH3 is 1. The quantitative estimate of drug-likeness (QED) is 0.746. The molecule has 0 fully saturated rings. The summed E-state index contributed by atoms with van der Waals surface area (Å²) < 4.78 is 22.9. The van der Waals surface area contributed by atoms with Crippen molar-refractivity contribution in [1.82, 2.24) is 10.1 Å². The van der Waals surface area contributed by atoms with Gasteiger partial charge in [-0.25, -0.2) is 9.18 Å². The third kappa shape index (κ3) is 2.15. The summed E-state index contributed by atoms with van der Waals surface area (Å²) >= 11 is 0. The summed E-state index contributed by atoms with van der Waals surface area (Å²) in [5, 5.41) is 3.60. The Balaban J connectivity index is 2.40. The zero-order valence-electron chi connectivity index (χ0n) is 9.23. The minimum atomic E-state index is -0.726. The van der Waals surface area contributed by atoms with Crippen LogP contribution in [0.3, 0.4) is 0 Å². The Labute approximate surface area is 96.2 Å². The van der Waals surface area contributed by atoms with Crippen LogP contribution in [0.5, 0.6) is 0 Å². The molecule has 0 N–H and O–H groups in total. The summed E-state index contributed by atoms with van der Waals surface area (Å²) in [6.07, 6.45) is 0. The van der Waals surface area contributed by atoms with Gasteiger partial charge in [0.2, 0.25) is 0 Å². The molecule has 0 bridgehead atoms. The van der Waals surface area contributed by atoms with Gasteiger partial charge >= 0.3 is 5.97 Å². The predicted octanol–water partition coefficient (Wildman–Crippen LogP) is 1.97. The lowest BCUT2D eigenvalue weighted by Crippen LogP contribution is -2.04. The van der Waals surface area contributed by atoms with Crippen LogP contribution in [-0.2, 0) is 4.74 Å². The van der Waals surface area contributed by atoms with Crippen LogP contribution in [0, 0.1) is 12.7 Å². The maximum atomic E-state index is 13.6. The SMILES string of the molecule is COC(=O)c1ccc(-c2nc(C)no2)cc1F. The Morgan fingerprint density at radius 1 is 1.47 bits per heavy atom. The van der Waals surface area contributed by atoms with Crippen LogP contribution in [0.25, 0.3) is 11.5 Å². The second-order valence-corrected chi connectivity index (χ2v) is 3.33. The van der Waals surface area contributed by atoms with Gasteiger partial charge in [0.15, 0.2) is 5.82 Å². The first-order valence-corrected chi connectivity index (χ1v) is 4.80. The van der Waals surface area contributed by atoms with Crippen LogP contribution in [-0.4, -0.2) is 23.2 Å². The Kier molecular flexibility index (Phi) is 2.86. The molecule has 0 aliphatic carbocycles. The van der Waals surface area contributed by atoms with Gasteiger partial charge in [-0.15, -0.1) is 0 Å². The highest BCUT2D eigenvalue weighted by Gasteiger charge is 2.15. The molecular formula is C11H9FN2O3. The number of aromatic nitrogens is 2. The van der Waals surface area contributed by atoms with E-state index in [1.165, 1.54) is 19.2 Å². The normalized spacial score (nSPS) is 10.3. The van der Waals surface area contributed by atoms with E-state index in [-0.39, 0.29) is 11.5 Å². The van der Waals surface area contributed by atoms with Gasteiger partial charge in [0.05, 0.1) is 12.7 Å². The largest absolute Gasteiger partial charge is 0.465 e. The lowest BCUT2D eigenvalue weighted by molar-refractivity contribution is 0.0595. The average Bonchev–Trinajstić information content (AvgIpc) is 2.75. The van der Waals surface area contributed by atoms with Crippen molar-refractivity contribution >= 4 is 5.97 Å². The van der Waals surface area contributed by atoms with Crippen LogP contribution < -0.4 is 0 Å². The predicted molar refractivity (Wildman–Crippen MR) is 55.8 cm³/mol. The van der Waals surface area contributed by atoms with E-state index >= 15 is 0 Å². The number of benzene rings is 1. The molecule has 0 atom stereocenters. The Morgan fingerprint density at radius 3 is 2.76 bits per heavy atom. The molecule has 0 saturated carbocycles. The summed E-state index contributed by atoms with van der Waals surface area (Å²) in [6.45, 7) is 1.66. The molecule has 0 saturated heterocycles. The van der Waals surface area contributed by atoms with E-state index in [0.717, 1.165) is 6.07 Å². The highest BCUT2D eigenvalue weighted by molar-refractivity contribution is 5.90. The fourth-order valence-electron chi connectivity index (χ4n) is 1.34. The van der Waals surface area contributed by atoms with Crippen LogP contribution in [0.2, 0.25) is 0 Å². The maximum Gasteiger partial charge on any atom is 0.340 e. The van der Waals surface area contributed by atoms with E-state index in [0.29, 0.717) is 11.4 Å². The van der Waals surface area contributed by atoms with Crippen LogP contribution in [0.15, 0.2) is 22.7 Å². The summed E-state index contributed by atoms with van der Waals surface area (Å²) in [7, 11) is 1.19. The molecule has 17 heavy (non-hydrogen) atoms. The Hall–Kier alpha value is -2.24. The zero-order valence-corrected chi connectivity index (χ0v) is 9.23. The van der Waals surface area contributed by atoms with Gasteiger partial charge in [0, 0.05) is 5.56 Å². The van der Waals surface area contributed by atoms with Crippen LogP contribution in [0.1, 0.15) is 16.2 Å². The molecule has 5 nitrogen and oxygen atoms in total. The van der Waals surface area contributed by atoms with Crippen molar-refractivity contribution in [1.29, 1.82) is 0 Å². The molecule has 2 aromatic rings. The Morgan fingerprint density at radius 2 is 2.24 bits per heavy atom. The molecule has 1 aromatic heterocycles. The monoisotopic (exact) mass is 236 g/mol. The number of hydrogen-bond acceptors (Lipinski definition) is 5. The molecular weight excluding hydrogens is 227 g/mol. The minimum absolute atomic E-state index is 0.132. The molecule has 1 heterocycles. The smallest absolute Gasteiger partial charge is 0.340 e. The van der Waals surface area contributed by atoms with Crippen molar-refractivity contribution in [2.24, 2.45) is 0 Å². The number of carbonyl (C=O) groups is 1. The van der Waals surface area contributed by atoms with E-state index < -0.39 is 11.8 Å². The van der Waals surface area contributed by atoms with Crippen molar-refractivity contribution in [3.63, 3.8) is 0 Å². The van der Waals surface area contributed by atoms with E-state index in [2.05, 4.69) is 14.9 Å². The van der Waals surface area contributed by atoms with E-state index in [4.69, 9.17) is 4.52 Å². The van der Waals surface area contributed by atoms with Gasteiger partial charge in [-0.3, -0.25) is 0 Å². The second kappa shape index (κ2) is 4.32. The molecule has 6 heteroatoms. The molecule has 0 aliphatic rings. The number of carbonyl (C=O) groups excluding carboxylic acids is 1. The van der Waals surface area contributed by atoms with Crippen molar-refractivity contribution < 1.29 is 18.4 Å². The van der Waals surface area contributed by atoms with Gasteiger partial charge in [-0.1, -0.05) is 5.16 Å². The van der Waals surface area contributed by atoms with Crippen molar-refractivity contribution in [3.8, 4) is 11.5 Å². The number of ether oxygens (including phenoxy) is 1. The number of aryl methyl sites for hydroxylation is 1. The number of esters is 1. The first-order chi connectivity index (χ1) is 8.11. The number of rotatable bonds is 2. The summed E-state index contributed by atoms with van der Waals surface area (Å²) in [6, 6.07) is 3.98. The molecule has 2 rings (SSSR count). The van der Waals surface area contributed by atoms with E-state index in [1.54, 1.807) is 6.92 Å². The first-order valence-electron chi connectivity index (χ1n) is 4.80. The van der Waals surface area contributed by atoms with Gasteiger partial charge in [0.25, 0.3) is 5.89 Å². The van der Waals surface area contributed by atoms with Gasteiger partial charge in [-0.2, -0.15) is 4.98 Å². The van der Waals surface area contributed by atoms with Gasteiger partial charge in [-0.05, 0) is 25.1 Å². The number of nitrogens with zero attached hydrogens (tertiary/aromatic N) is 2. The van der Waals surface area contributed by atoms with Crippen LogP contribution >= 0.6 is 0 Å². The van der Waals surface area contributed by atoms with Crippen molar-refractivity contribution in [2.45, 2.75) is 6.92 Å². The fourth-order valence-corrected chi connectivity index (χ4v) is 1.34. The summed E-state index contributed by atoms with van der Waals surface area (Å²) in [4.78, 5) is 15.1. The standard InChI is InChI=1S/C11H9FN2O3/c1-6-13-10(17-14-6)7-3-4-8(9(12)5-7)11(15)16-2/h3-5H,1-2H3. The molecule has 0 radical (unpaired) electrons. The van der Waals surface area contributed by atoms with Crippen LogP contribution in [0.4, 0.5) is 4.39 Å². The second-order valence-electron chi connectivity index (χ2n) is 3.33. The van der Waals surface area contributed by atoms with E-state index in [1.807, 2.05) is 0 Å². The molecule has 0 spiro atoms. The number of halogens is 1. The lowest BCUT2D eigenvalue weighted by atomic mass is 10.1. The molecule has 88 valence electrons. The Bertz CT molecular complexity index is 566.